The third kappa shape index (κ3) is 3.36. The number of aliphatic hydroxyl groups is 1. The molecule has 0 aliphatic carbocycles. The first-order valence-corrected chi connectivity index (χ1v) is 5.31. The number of halogens is 3. The van der Waals surface area contributed by atoms with Crippen molar-refractivity contribution in [3.8, 4) is 0 Å². The van der Waals surface area contributed by atoms with Crippen LogP contribution in [0.4, 0.5) is 23.7 Å². The van der Waals surface area contributed by atoms with Crippen LogP contribution < -0.4 is 5.32 Å². The number of likely N-dealkylation sites (N-methyl/N-ethyl adjacent to an activating group) is 1. The van der Waals surface area contributed by atoms with Gasteiger partial charge in [-0.05, 0) is 6.92 Å². The largest absolute Gasteiger partial charge is 0.395 e. The lowest BCUT2D eigenvalue weighted by Gasteiger charge is -2.20. The lowest BCUT2D eigenvalue weighted by molar-refractivity contribution is 0.191. The number of carbonyl (C=O) groups excluding carboxylic acids is 1. The molecule has 0 saturated heterocycles. The molecule has 0 fully saturated rings. The Morgan fingerprint density at radius 2 is 1.89 bits per heavy atom. The van der Waals surface area contributed by atoms with E-state index < -0.39 is 29.2 Å². The number of rotatable bonds is 4. The van der Waals surface area contributed by atoms with Gasteiger partial charge in [0.05, 0.1) is 6.61 Å². The fourth-order valence-corrected chi connectivity index (χ4v) is 1.37. The summed E-state index contributed by atoms with van der Waals surface area (Å²) in [6.45, 7) is 1.67. The highest BCUT2D eigenvalue weighted by molar-refractivity contribution is 5.89. The maximum Gasteiger partial charge on any atom is 0.322 e. The smallest absolute Gasteiger partial charge is 0.322 e. The molecule has 0 bridgehead atoms. The van der Waals surface area contributed by atoms with Gasteiger partial charge in [0.2, 0.25) is 0 Å². The first kappa shape index (κ1) is 14.3. The van der Waals surface area contributed by atoms with Gasteiger partial charge >= 0.3 is 6.03 Å². The van der Waals surface area contributed by atoms with Crippen molar-refractivity contribution in [1.29, 1.82) is 0 Å². The first-order valence-electron chi connectivity index (χ1n) is 5.31. The Bertz CT molecular complexity index is 417. The predicted octanol–water partition coefficient (Wildman–Crippen LogP) is 1.95. The number of amides is 2. The van der Waals surface area contributed by atoms with Gasteiger partial charge in [0, 0.05) is 25.2 Å². The number of hydrogen-bond acceptors (Lipinski definition) is 2. The van der Waals surface area contributed by atoms with Crippen LogP contribution in [0, 0.1) is 17.5 Å². The minimum Gasteiger partial charge on any atom is -0.395 e. The normalized spacial score (nSPS) is 10.3. The number of carbonyl (C=O) groups is 1. The highest BCUT2D eigenvalue weighted by atomic mass is 19.1. The number of aliphatic hydroxyl groups excluding tert-OH is 1. The average Bonchev–Trinajstić information content (AvgIpc) is 2.30. The summed E-state index contributed by atoms with van der Waals surface area (Å²) >= 11 is 0. The number of nitrogens with zero attached hydrogens (tertiary/aromatic N) is 1. The van der Waals surface area contributed by atoms with Crippen molar-refractivity contribution in [3.05, 3.63) is 29.6 Å². The average molecular weight is 262 g/mol. The molecule has 2 N–H and O–H groups in total. The fourth-order valence-electron chi connectivity index (χ4n) is 1.37. The highest BCUT2D eigenvalue weighted by Gasteiger charge is 2.17. The van der Waals surface area contributed by atoms with Crippen molar-refractivity contribution in [2.75, 3.05) is 25.0 Å². The topological polar surface area (TPSA) is 52.6 Å². The first-order chi connectivity index (χ1) is 8.49. The molecule has 0 spiro atoms. The molecule has 0 saturated carbocycles. The predicted molar refractivity (Wildman–Crippen MR) is 59.7 cm³/mol. The Hall–Kier alpha value is -1.76. The molecule has 4 nitrogen and oxygen atoms in total. The quantitative estimate of drug-likeness (QED) is 0.871. The molecule has 1 rings (SSSR count). The van der Waals surface area contributed by atoms with Crippen LogP contribution >= 0.6 is 0 Å². The maximum atomic E-state index is 13.3. The van der Waals surface area contributed by atoms with Gasteiger partial charge in [-0.1, -0.05) is 0 Å². The van der Waals surface area contributed by atoms with Gasteiger partial charge in [0.1, 0.15) is 11.5 Å². The van der Waals surface area contributed by atoms with E-state index in [1.54, 1.807) is 6.92 Å². The third-order valence-electron chi connectivity index (χ3n) is 2.28. The maximum absolute atomic E-state index is 13.3. The lowest BCUT2D eigenvalue weighted by Crippen LogP contribution is -2.37. The van der Waals surface area contributed by atoms with E-state index in [1.165, 1.54) is 0 Å². The Kier molecular flexibility index (Phi) is 4.96. The molecule has 1 aromatic rings. The Morgan fingerprint density at radius 3 is 2.33 bits per heavy atom. The van der Waals surface area contributed by atoms with E-state index in [9.17, 15) is 18.0 Å². The third-order valence-corrected chi connectivity index (χ3v) is 2.28. The van der Waals surface area contributed by atoms with Gasteiger partial charge in [0.15, 0.2) is 11.6 Å². The number of benzene rings is 1. The second-order valence-corrected chi connectivity index (χ2v) is 3.48. The molecule has 0 atom stereocenters. The minimum atomic E-state index is -1.19. The Balaban J connectivity index is 2.87. The number of urea groups is 1. The summed E-state index contributed by atoms with van der Waals surface area (Å²) in [5.41, 5.74) is -0.710. The minimum absolute atomic E-state index is 0.0345. The molecule has 18 heavy (non-hydrogen) atoms. The summed E-state index contributed by atoms with van der Waals surface area (Å²) < 4.78 is 39.2. The van der Waals surface area contributed by atoms with E-state index in [2.05, 4.69) is 0 Å². The number of anilines is 1. The van der Waals surface area contributed by atoms with Crippen LogP contribution in [-0.2, 0) is 0 Å². The summed E-state index contributed by atoms with van der Waals surface area (Å²) in [4.78, 5) is 12.8. The van der Waals surface area contributed by atoms with Crippen molar-refractivity contribution in [2.45, 2.75) is 6.92 Å². The van der Waals surface area contributed by atoms with Crippen LogP contribution in [-0.4, -0.2) is 35.7 Å². The van der Waals surface area contributed by atoms with E-state index >= 15 is 0 Å². The van der Waals surface area contributed by atoms with Gasteiger partial charge in [-0.25, -0.2) is 18.0 Å². The Labute approximate surface area is 102 Å². The number of hydrogen-bond donors (Lipinski definition) is 2. The van der Waals surface area contributed by atoms with Crippen LogP contribution in [0.25, 0.3) is 0 Å². The Morgan fingerprint density at radius 1 is 1.33 bits per heavy atom. The molecule has 0 aliphatic rings. The lowest BCUT2D eigenvalue weighted by atomic mass is 10.3. The molecule has 0 unspecified atom stereocenters. The van der Waals surface area contributed by atoms with Gasteiger partial charge in [-0.3, -0.25) is 0 Å². The molecular weight excluding hydrogens is 249 g/mol. The summed E-state index contributed by atoms with van der Waals surface area (Å²) in [5, 5.41) is 10.7. The van der Waals surface area contributed by atoms with Gasteiger partial charge in [-0.2, -0.15) is 0 Å². The zero-order chi connectivity index (χ0) is 13.7. The van der Waals surface area contributed by atoms with Crippen molar-refractivity contribution in [3.63, 3.8) is 0 Å². The SMILES string of the molecule is CCN(CCO)C(=O)Nc1c(F)cc(F)cc1F. The highest BCUT2D eigenvalue weighted by Crippen LogP contribution is 2.20. The zero-order valence-electron chi connectivity index (χ0n) is 9.71. The van der Waals surface area contributed by atoms with E-state index in [1.807, 2.05) is 5.32 Å². The molecule has 1 aromatic carbocycles. The molecule has 0 heterocycles. The fraction of sp³-hybridized carbons (Fsp3) is 0.364. The summed E-state index contributed by atoms with van der Waals surface area (Å²) in [7, 11) is 0. The van der Waals surface area contributed by atoms with Gasteiger partial charge in [-0.15, -0.1) is 0 Å². The van der Waals surface area contributed by atoms with Crippen molar-refractivity contribution in [1.82, 2.24) is 4.90 Å². The number of nitrogens with one attached hydrogen (secondary N) is 1. The van der Waals surface area contributed by atoms with Crippen LogP contribution in [0.2, 0.25) is 0 Å². The summed E-state index contributed by atoms with van der Waals surface area (Å²) in [6.07, 6.45) is 0. The van der Waals surface area contributed by atoms with E-state index in [-0.39, 0.29) is 19.7 Å². The van der Waals surface area contributed by atoms with E-state index in [4.69, 9.17) is 5.11 Å². The van der Waals surface area contributed by atoms with Crippen LogP contribution in [0.5, 0.6) is 0 Å². The van der Waals surface area contributed by atoms with E-state index in [0.717, 1.165) is 4.90 Å². The van der Waals surface area contributed by atoms with Crippen LogP contribution in [0.3, 0.4) is 0 Å². The molecule has 100 valence electrons. The van der Waals surface area contributed by atoms with Crippen molar-refractivity contribution in [2.24, 2.45) is 0 Å². The van der Waals surface area contributed by atoms with Crippen LogP contribution in [0.15, 0.2) is 12.1 Å². The monoisotopic (exact) mass is 262 g/mol. The van der Waals surface area contributed by atoms with Gasteiger partial charge < -0.3 is 15.3 Å². The molecule has 0 aliphatic heterocycles. The molecule has 7 heteroatoms. The van der Waals surface area contributed by atoms with Crippen LogP contribution in [0.1, 0.15) is 6.92 Å². The molecule has 0 radical (unpaired) electrons. The van der Waals surface area contributed by atoms with E-state index in [0.29, 0.717) is 12.1 Å². The van der Waals surface area contributed by atoms with Gasteiger partial charge in [0.25, 0.3) is 0 Å². The second kappa shape index (κ2) is 6.25. The summed E-state index contributed by atoms with van der Waals surface area (Å²) in [5.74, 6) is -3.45. The second-order valence-electron chi connectivity index (χ2n) is 3.48. The molecular formula is C11H13F3N2O2. The van der Waals surface area contributed by atoms with Crippen molar-refractivity contribution < 1.29 is 23.1 Å². The molecule has 2 amide bonds. The zero-order valence-corrected chi connectivity index (χ0v) is 9.71. The van der Waals surface area contributed by atoms with Crippen molar-refractivity contribution >= 4 is 11.7 Å². The summed E-state index contributed by atoms with van der Waals surface area (Å²) in [6, 6.07) is 0.179. The standard InChI is InChI=1S/C11H13F3N2O2/c1-2-16(3-4-17)11(18)15-10-8(13)5-7(12)6-9(10)14/h5-6,17H,2-4H2,1H3,(H,15,18). The molecule has 0 aromatic heterocycles.